The van der Waals surface area contributed by atoms with Crippen LogP contribution in [0.1, 0.15) is 0 Å². The van der Waals surface area contributed by atoms with Gasteiger partial charge in [-0.05, 0) is 36.4 Å². The second-order valence-electron chi connectivity index (χ2n) is 6.20. The second-order valence-corrected chi connectivity index (χ2v) is 6.20. The summed E-state index contributed by atoms with van der Waals surface area (Å²) in [5.74, 6) is 1.51. The molecular formula is C24H20N2O2. The van der Waals surface area contributed by atoms with Crippen molar-refractivity contribution in [2.24, 2.45) is 0 Å². The summed E-state index contributed by atoms with van der Waals surface area (Å²) in [6.07, 6.45) is 3.58. The highest BCUT2D eigenvalue weighted by molar-refractivity contribution is 5.96. The van der Waals surface area contributed by atoms with E-state index in [1.165, 1.54) is 0 Å². The summed E-state index contributed by atoms with van der Waals surface area (Å²) < 4.78 is 11.5. The molecule has 0 saturated heterocycles. The van der Waals surface area contributed by atoms with Crippen LogP contribution in [0.25, 0.3) is 33.6 Å². The van der Waals surface area contributed by atoms with Crippen molar-refractivity contribution in [3.05, 3.63) is 85.2 Å². The molecule has 0 amide bonds. The average Bonchev–Trinajstić information content (AvgIpc) is 2.79. The van der Waals surface area contributed by atoms with Crippen molar-refractivity contribution in [3.8, 4) is 45.1 Å². The van der Waals surface area contributed by atoms with E-state index in [1.54, 1.807) is 26.6 Å². The molecule has 0 saturated carbocycles. The molecule has 0 aliphatic heterocycles. The Balaban J connectivity index is 2.08. The van der Waals surface area contributed by atoms with E-state index in [0.717, 1.165) is 45.1 Å². The average molecular weight is 368 g/mol. The Morgan fingerprint density at radius 2 is 1.00 bits per heavy atom. The fourth-order valence-electron chi connectivity index (χ4n) is 3.39. The van der Waals surface area contributed by atoms with Gasteiger partial charge in [0, 0.05) is 34.6 Å². The highest BCUT2D eigenvalue weighted by Crippen LogP contribution is 2.46. The molecule has 0 atom stereocenters. The lowest BCUT2D eigenvalue weighted by Crippen LogP contribution is -1.98. The first-order valence-corrected chi connectivity index (χ1v) is 9.00. The largest absolute Gasteiger partial charge is 0.496 e. The summed E-state index contributed by atoms with van der Waals surface area (Å²) in [7, 11) is 3.35. The van der Waals surface area contributed by atoms with Gasteiger partial charge >= 0.3 is 0 Å². The Kier molecular flexibility index (Phi) is 5.02. The molecule has 0 spiro atoms. The van der Waals surface area contributed by atoms with Crippen LogP contribution in [0, 0.1) is 0 Å². The van der Waals surface area contributed by atoms with Gasteiger partial charge in [-0.1, -0.05) is 36.4 Å². The Labute approximate surface area is 164 Å². The van der Waals surface area contributed by atoms with Crippen LogP contribution in [0.2, 0.25) is 0 Å². The number of nitrogens with zero attached hydrogens (tertiary/aromatic N) is 2. The molecule has 0 radical (unpaired) electrons. The molecule has 2 heterocycles. The van der Waals surface area contributed by atoms with E-state index in [2.05, 4.69) is 22.1 Å². The number of aromatic nitrogens is 2. The van der Waals surface area contributed by atoms with Gasteiger partial charge in [0.25, 0.3) is 0 Å². The Hall–Kier alpha value is -3.66. The Morgan fingerprint density at radius 1 is 0.536 bits per heavy atom. The number of methoxy groups -OCH3 is 2. The maximum absolute atomic E-state index is 5.75. The maximum atomic E-state index is 5.75. The van der Waals surface area contributed by atoms with Gasteiger partial charge in [-0.3, -0.25) is 9.97 Å². The number of benzene rings is 2. The van der Waals surface area contributed by atoms with Gasteiger partial charge in [0.2, 0.25) is 0 Å². The third kappa shape index (κ3) is 3.21. The van der Waals surface area contributed by atoms with Gasteiger partial charge < -0.3 is 9.47 Å². The Bertz CT molecular complexity index is 991. The number of hydrogen-bond donors (Lipinski definition) is 0. The molecule has 0 unspecified atom stereocenters. The van der Waals surface area contributed by atoms with Gasteiger partial charge in [0.15, 0.2) is 0 Å². The molecule has 0 N–H and O–H groups in total. The van der Waals surface area contributed by atoms with Gasteiger partial charge in [0.1, 0.15) is 11.5 Å². The zero-order valence-electron chi connectivity index (χ0n) is 15.8. The number of ether oxygens (including phenoxy) is 2. The molecule has 0 aliphatic carbocycles. The van der Waals surface area contributed by atoms with Gasteiger partial charge in [0.05, 0.1) is 25.6 Å². The minimum atomic E-state index is 0.754. The van der Waals surface area contributed by atoms with Crippen LogP contribution in [0.4, 0.5) is 0 Å². The number of hydrogen-bond acceptors (Lipinski definition) is 4. The molecule has 0 aliphatic rings. The normalized spacial score (nSPS) is 10.5. The van der Waals surface area contributed by atoms with Crippen molar-refractivity contribution in [3.63, 3.8) is 0 Å². The summed E-state index contributed by atoms with van der Waals surface area (Å²) in [5.41, 5.74) is 5.55. The third-order valence-electron chi connectivity index (χ3n) is 4.62. The Morgan fingerprint density at radius 3 is 1.36 bits per heavy atom. The van der Waals surface area contributed by atoms with Crippen molar-refractivity contribution >= 4 is 0 Å². The van der Waals surface area contributed by atoms with Crippen LogP contribution >= 0.6 is 0 Å². The van der Waals surface area contributed by atoms with Crippen molar-refractivity contribution in [1.29, 1.82) is 0 Å². The van der Waals surface area contributed by atoms with Crippen molar-refractivity contribution in [2.45, 2.75) is 0 Å². The minimum Gasteiger partial charge on any atom is -0.496 e. The lowest BCUT2D eigenvalue weighted by molar-refractivity contribution is 0.410. The topological polar surface area (TPSA) is 44.2 Å². The first-order chi connectivity index (χ1) is 13.8. The predicted octanol–water partition coefficient (Wildman–Crippen LogP) is 5.49. The molecule has 2 aromatic heterocycles. The SMILES string of the molecule is COc1cccc(-c2ccccn2)c1-c1c(OC)cccc1-c1ccccn1. The molecule has 0 fully saturated rings. The molecule has 138 valence electrons. The van der Waals surface area contributed by atoms with Gasteiger partial charge in [-0.2, -0.15) is 0 Å². The fourth-order valence-corrected chi connectivity index (χ4v) is 3.39. The molecule has 4 nitrogen and oxygen atoms in total. The second kappa shape index (κ2) is 7.92. The molecule has 4 aromatic rings. The van der Waals surface area contributed by atoms with E-state index >= 15 is 0 Å². The predicted molar refractivity (Wildman–Crippen MR) is 111 cm³/mol. The lowest BCUT2D eigenvalue weighted by atomic mass is 9.90. The molecule has 4 heteroatoms. The molecule has 4 rings (SSSR count). The zero-order chi connectivity index (χ0) is 19.3. The standard InChI is InChI=1S/C24H20N2O2/c1-27-21-13-7-9-17(19-11-3-5-15-25-19)23(21)24-18(10-8-14-22(24)28-2)20-12-4-6-16-26-20/h3-16H,1-2H3. The number of pyridine rings is 2. The quantitative estimate of drug-likeness (QED) is 0.467. The highest BCUT2D eigenvalue weighted by Gasteiger charge is 2.21. The molecule has 0 bridgehead atoms. The van der Waals surface area contributed by atoms with Crippen LogP contribution in [0.5, 0.6) is 11.5 Å². The first kappa shape index (κ1) is 17.7. The third-order valence-corrected chi connectivity index (χ3v) is 4.62. The fraction of sp³-hybridized carbons (Fsp3) is 0.0833. The zero-order valence-corrected chi connectivity index (χ0v) is 15.8. The summed E-state index contributed by atoms with van der Waals surface area (Å²) in [5, 5.41) is 0. The summed E-state index contributed by atoms with van der Waals surface area (Å²) in [6, 6.07) is 23.7. The smallest absolute Gasteiger partial charge is 0.127 e. The van der Waals surface area contributed by atoms with E-state index in [4.69, 9.17) is 9.47 Å². The van der Waals surface area contributed by atoms with Crippen LogP contribution < -0.4 is 9.47 Å². The van der Waals surface area contributed by atoms with Crippen LogP contribution in [-0.2, 0) is 0 Å². The van der Waals surface area contributed by atoms with E-state index in [0.29, 0.717) is 0 Å². The van der Waals surface area contributed by atoms with Gasteiger partial charge in [-0.15, -0.1) is 0 Å². The highest BCUT2D eigenvalue weighted by atomic mass is 16.5. The molecule has 28 heavy (non-hydrogen) atoms. The molecular weight excluding hydrogens is 348 g/mol. The summed E-state index contributed by atoms with van der Waals surface area (Å²) in [4.78, 5) is 9.11. The van der Waals surface area contributed by atoms with Crippen molar-refractivity contribution in [1.82, 2.24) is 9.97 Å². The van der Waals surface area contributed by atoms with E-state index < -0.39 is 0 Å². The van der Waals surface area contributed by atoms with E-state index in [1.807, 2.05) is 60.7 Å². The van der Waals surface area contributed by atoms with Crippen molar-refractivity contribution < 1.29 is 9.47 Å². The summed E-state index contributed by atoms with van der Waals surface area (Å²) >= 11 is 0. The van der Waals surface area contributed by atoms with Crippen LogP contribution in [0.3, 0.4) is 0 Å². The van der Waals surface area contributed by atoms with Crippen molar-refractivity contribution in [2.75, 3.05) is 14.2 Å². The minimum absolute atomic E-state index is 0.754. The maximum Gasteiger partial charge on any atom is 0.127 e. The van der Waals surface area contributed by atoms with E-state index in [9.17, 15) is 0 Å². The number of rotatable bonds is 5. The lowest BCUT2D eigenvalue weighted by Gasteiger charge is -2.19. The first-order valence-electron chi connectivity index (χ1n) is 9.00. The van der Waals surface area contributed by atoms with Crippen LogP contribution in [0.15, 0.2) is 85.2 Å². The molecule has 2 aromatic carbocycles. The summed E-state index contributed by atoms with van der Waals surface area (Å²) in [6.45, 7) is 0. The van der Waals surface area contributed by atoms with E-state index in [-0.39, 0.29) is 0 Å². The van der Waals surface area contributed by atoms with Gasteiger partial charge in [-0.25, -0.2) is 0 Å². The van der Waals surface area contributed by atoms with Crippen LogP contribution in [-0.4, -0.2) is 24.2 Å². The monoisotopic (exact) mass is 368 g/mol.